The van der Waals surface area contributed by atoms with Gasteiger partial charge in [0, 0.05) is 12.6 Å². The third-order valence-corrected chi connectivity index (χ3v) is 2.55. The smallest absolute Gasteiger partial charge is 0.315 e. The quantitative estimate of drug-likeness (QED) is 0.764. The van der Waals surface area contributed by atoms with Crippen LogP contribution < -0.4 is 16.0 Å². The van der Waals surface area contributed by atoms with Gasteiger partial charge in [-0.25, -0.2) is 9.18 Å². The monoisotopic (exact) mass is 281 g/mol. The van der Waals surface area contributed by atoms with Crippen LogP contribution in [0.25, 0.3) is 0 Å². The highest BCUT2D eigenvalue weighted by molar-refractivity contribution is 5.83. The fourth-order valence-electron chi connectivity index (χ4n) is 1.52. The topological polar surface area (TPSA) is 70.2 Å². The number of carbonyl (C=O) groups is 2. The van der Waals surface area contributed by atoms with E-state index in [1.54, 1.807) is 19.1 Å². The van der Waals surface area contributed by atoms with Crippen LogP contribution >= 0.6 is 0 Å². The summed E-state index contributed by atoms with van der Waals surface area (Å²) >= 11 is 0. The molecular formula is C14H20FN3O2. The number of urea groups is 1. The molecule has 3 N–H and O–H groups in total. The lowest BCUT2D eigenvalue weighted by atomic mass is 10.1. The Morgan fingerprint density at radius 1 is 1.25 bits per heavy atom. The Hall–Kier alpha value is -2.11. The van der Waals surface area contributed by atoms with E-state index < -0.39 is 6.03 Å². The molecular weight excluding hydrogens is 261 g/mol. The molecule has 110 valence electrons. The van der Waals surface area contributed by atoms with Gasteiger partial charge in [-0.3, -0.25) is 4.79 Å². The van der Waals surface area contributed by atoms with Crippen molar-refractivity contribution in [3.05, 3.63) is 35.1 Å². The van der Waals surface area contributed by atoms with Crippen molar-refractivity contribution in [1.29, 1.82) is 0 Å². The molecule has 0 saturated heterocycles. The highest BCUT2D eigenvalue weighted by atomic mass is 19.1. The summed E-state index contributed by atoms with van der Waals surface area (Å²) in [4.78, 5) is 22.8. The average molecular weight is 281 g/mol. The van der Waals surface area contributed by atoms with Crippen LogP contribution in [0.4, 0.5) is 9.18 Å². The molecule has 1 aromatic carbocycles. The first kappa shape index (κ1) is 15.9. The van der Waals surface area contributed by atoms with E-state index in [0.717, 1.165) is 0 Å². The van der Waals surface area contributed by atoms with Crippen LogP contribution in [0.1, 0.15) is 25.0 Å². The normalized spacial score (nSPS) is 10.2. The number of hydrogen-bond donors (Lipinski definition) is 3. The molecule has 3 amide bonds. The molecule has 6 heteroatoms. The summed E-state index contributed by atoms with van der Waals surface area (Å²) in [6, 6.07) is 4.33. The third kappa shape index (κ3) is 5.69. The van der Waals surface area contributed by atoms with Crippen molar-refractivity contribution in [2.45, 2.75) is 33.4 Å². The van der Waals surface area contributed by atoms with E-state index in [-0.39, 0.29) is 30.9 Å². The first-order chi connectivity index (χ1) is 9.38. The molecule has 1 rings (SSSR count). The Morgan fingerprint density at radius 3 is 2.55 bits per heavy atom. The molecule has 0 unspecified atom stereocenters. The van der Waals surface area contributed by atoms with E-state index in [9.17, 15) is 14.0 Å². The fourth-order valence-corrected chi connectivity index (χ4v) is 1.52. The average Bonchev–Trinajstić information content (AvgIpc) is 2.37. The Balaban J connectivity index is 2.32. The van der Waals surface area contributed by atoms with Crippen molar-refractivity contribution in [2.24, 2.45) is 0 Å². The molecule has 0 heterocycles. The first-order valence-corrected chi connectivity index (χ1v) is 6.44. The zero-order valence-electron chi connectivity index (χ0n) is 11.9. The van der Waals surface area contributed by atoms with Gasteiger partial charge in [0.25, 0.3) is 0 Å². The van der Waals surface area contributed by atoms with Crippen molar-refractivity contribution in [2.75, 3.05) is 6.54 Å². The van der Waals surface area contributed by atoms with Gasteiger partial charge in [0.1, 0.15) is 5.82 Å². The highest BCUT2D eigenvalue weighted by Gasteiger charge is 2.06. The van der Waals surface area contributed by atoms with Gasteiger partial charge in [0.05, 0.1) is 6.54 Å². The molecule has 5 nitrogen and oxygen atoms in total. The summed E-state index contributed by atoms with van der Waals surface area (Å²) in [5, 5.41) is 7.64. The maximum absolute atomic E-state index is 13.3. The van der Waals surface area contributed by atoms with Crippen molar-refractivity contribution in [3.63, 3.8) is 0 Å². The molecule has 20 heavy (non-hydrogen) atoms. The summed E-state index contributed by atoms with van der Waals surface area (Å²) in [6.45, 7) is 5.46. The Kier molecular flexibility index (Phi) is 5.96. The van der Waals surface area contributed by atoms with Crippen LogP contribution in [0.3, 0.4) is 0 Å². The van der Waals surface area contributed by atoms with Crippen molar-refractivity contribution in [1.82, 2.24) is 16.0 Å². The van der Waals surface area contributed by atoms with Crippen LogP contribution in [0.15, 0.2) is 18.2 Å². The number of benzene rings is 1. The predicted molar refractivity (Wildman–Crippen MR) is 74.7 cm³/mol. The number of aryl methyl sites for hydroxylation is 1. The van der Waals surface area contributed by atoms with Crippen LogP contribution in [-0.4, -0.2) is 24.5 Å². The van der Waals surface area contributed by atoms with Gasteiger partial charge in [0.15, 0.2) is 0 Å². The zero-order chi connectivity index (χ0) is 15.1. The van der Waals surface area contributed by atoms with Crippen molar-refractivity contribution >= 4 is 11.9 Å². The first-order valence-electron chi connectivity index (χ1n) is 6.44. The molecule has 0 aromatic heterocycles. The summed E-state index contributed by atoms with van der Waals surface area (Å²) in [6.07, 6.45) is 0. The SMILES string of the molecule is Cc1ccc(CNC(=O)NCC(=O)NC(C)C)cc1F. The summed E-state index contributed by atoms with van der Waals surface area (Å²) in [5.74, 6) is -0.558. The van der Waals surface area contributed by atoms with Gasteiger partial charge >= 0.3 is 6.03 Å². The summed E-state index contributed by atoms with van der Waals surface area (Å²) < 4.78 is 13.3. The number of hydrogen-bond acceptors (Lipinski definition) is 2. The molecule has 0 aliphatic carbocycles. The second-order valence-corrected chi connectivity index (χ2v) is 4.84. The van der Waals surface area contributed by atoms with Gasteiger partial charge in [-0.15, -0.1) is 0 Å². The molecule has 1 aromatic rings. The lowest BCUT2D eigenvalue weighted by Gasteiger charge is -2.10. The van der Waals surface area contributed by atoms with E-state index in [2.05, 4.69) is 16.0 Å². The van der Waals surface area contributed by atoms with Gasteiger partial charge in [0.2, 0.25) is 5.91 Å². The molecule has 0 bridgehead atoms. The van der Waals surface area contributed by atoms with Crippen LogP contribution in [0.5, 0.6) is 0 Å². The van der Waals surface area contributed by atoms with Crippen LogP contribution in [0, 0.1) is 12.7 Å². The maximum Gasteiger partial charge on any atom is 0.315 e. The van der Waals surface area contributed by atoms with E-state index in [4.69, 9.17) is 0 Å². The lowest BCUT2D eigenvalue weighted by molar-refractivity contribution is -0.120. The minimum Gasteiger partial charge on any atom is -0.352 e. The van der Waals surface area contributed by atoms with Crippen LogP contribution in [0.2, 0.25) is 0 Å². The Bertz CT molecular complexity index is 489. The second-order valence-electron chi connectivity index (χ2n) is 4.84. The summed E-state index contributed by atoms with van der Waals surface area (Å²) in [7, 11) is 0. The second kappa shape index (κ2) is 7.47. The van der Waals surface area contributed by atoms with Gasteiger partial charge in [-0.2, -0.15) is 0 Å². The van der Waals surface area contributed by atoms with Crippen LogP contribution in [-0.2, 0) is 11.3 Å². The molecule has 0 aliphatic rings. The van der Waals surface area contributed by atoms with Gasteiger partial charge < -0.3 is 16.0 Å². The minimum absolute atomic E-state index is 0.0305. The number of carbonyl (C=O) groups excluding carboxylic acids is 2. The Labute approximate surface area is 117 Å². The zero-order valence-corrected chi connectivity index (χ0v) is 11.9. The standard InChI is InChI=1S/C14H20FN3O2/c1-9(2)18-13(19)8-17-14(20)16-7-11-5-4-10(3)12(15)6-11/h4-6,9H,7-8H2,1-3H3,(H,18,19)(H2,16,17,20). The van der Waals surface area contributed by atoms with Crippen molar-refractivity contribution in [3.8, 4) is 0 Å². The molecule has 0 fully saturated rings. The van der Waals surface area contributed by atoms with Crippen molar-refractivity contribution < 1.29 is 14.0 Å². The fraction of sp³-hybridized carbons (Fsp3) is 0.429. The van der Waals surface area contributed by atoms with E-state index in [0.29, 0.717) is 11.1 Å². The number of rotatable bonds is 5. The third-order valence-electron chi connectivity index (χ3n) is 2.55. The lowest BCUT2D eigenvalue weighted by Crippen LogP contribution is -2.43. The van der Waals surface area contributed by atoms with E-state index >= 15 is 0 Å². The summed E-state index contributed by atoms with van der Waals surface area (Å²) in [5.41, 5.74) is 1.22. The number of halogens is 1. The Morgan fingerprint density at radius 2 is 1.95 bits per heavy atom. The molecule has 0 radical (unpaired) electrons. The largest absolute Gasteiger partial charge is 0.352 e. The highest BCUT2D eigenvalue weighted by Crippen LogP contribution is 2.08. The van der Waals surface area contributed by atoms with Gasteiger partial charge in [-0.05, 0) is 38.0 Å². The molecule has 0 spiro atoms. The van der Waals surface area contributed by atoms with E-state index in [1.165, 1.54) is 6.07 Å². The maximum atomic E-state index is 13.3. The molecule has 0 saturated carbocycles. The predicted octanol–water partition coefficient (Wildman–Crippen LogP) is 1.46. The molecule has 0 atom stereocenters. The van der Waals surface area contributed by atoms with Gasteiger partial charge in [-0.1, -0.05) is 12.1 Å². The number of nitrogens with one attached hydrogen (secondary N) is 3. The van der Waals surface area contributed by atoms with E-state index in [1.807, 2.05) is 13.8 Å². The minimum atomic E-state index is -0.468. The number of amides is 3. The molecule has 0 aliphatic heterocycles.